The van der Waals surface area contributed by atoms with Gasteiger partial charge >= 0.3 is 0 Å². The number of benzene rings is 8. The van der Waals surface area contributed by atoms with E-state index >= 15 is 0 Å². The molecule has 0 radical (unpaired) electrons. The molecule has 0 amide bonds. The zero-order valence-electron chi connectivity index (χ0n) is 25.9. The summed E-state index contributed by atoms with van der Waals surface area (Å²) < 4.78 is 6.53. The highest BCUT2D eigenvalue weighted by molar-refractivity contribution is 6.13. The van der Waals surface area contributed by atoms with Crippen molar-refractivity contribution in [1.82, 2.24) is 0 Å². The monoisotopic (exact) mass is 599 g/mol. The predicted octanol–water partition coefficient (Wildman–Crippen LogP) is 13.0. The van der Waals surface area contributed by atoms with Gasteiger partial charge in [-0.05, 0) is 129 Å². The van der Waals surface area contributed by atoms with Crippen LogP contribution >= 0.6 is 0 Å². The van der Waals surface area contributed by atoms with Crippen LogP contribution in [0.1, 0.15) is 5.56 Å². The molecular formula is C45H29NO. The quantitative estimate of drug-likeness (QED) is 0.200. The van der Waals surface area contributed by atoms with Crippen molar-refractivity contribution in [3.8, 4) is 33.4 Å². The molecule has 8 aromatic carbocycles. The second kappa shape index (κ2) is 9.94. The average molecular weight is 600 g/mol. The van der Waals surface area contributed by atoms with Gasteiger partial charge in [0.1, 0.15) is 5.58 Å². The number of fused-ring (bicyclic) bond motifs is 9. The summed E-state index contributed by atoms with van der Waals surface area (Å²) >= 11 is 0. The Kier molecular flexibility index (Phi) is 5.53. The highest BCUT2D eigenvalue weighted by atomic mass is 16.3. The Balaban J connectivity index is 1.12. The lowest BCUT2D eigenvalue weighted by atomic mass is 9.77. The van der Waals surface area contributed by atoms with Crippen LogP contribution in [0.25, 0.3) is 76.9 Å². The Morgan fingerprint density at radius 2 is 1.04 bits per heavy atom. The third kappa shape index (κ3) is 4.05. The van der Waals surface area contributed by atoms with Crippen molar-refractivity contribution in [3.63, 3.8) is 0 Å². The number of furan rings is 1. The van der Waals surface area contributed by atoms with Gasteiger partial charge in [0, 0.05) is 22.1 Å². The summed E-state index contributed by atoms with van der Waals surface area (Å²) in [7, 11) is 0. The van der Waals surface area contributed by atoms with E-state index in [4.69, 9.17) is 4.42 Å². The highest BCUT2D eigenvalue weighted by Crippen LogP contribution is 2.51. The largest absolute Gasteiger partial charge is 0.454 e. The minimum atomic E-state index is 0.891. The van der Waals surface area contributed by atoms with Gasteiger partial charge in [-0.2, -0.15) is 0 Å². The summed E-state index contributed by atoms with van der Waals surface area (Å²) in [4.78, 5) is 2.33. The van der Waals surface area contributed by atoms with Crippen LogP contribution in [0.15, 0.2) is 162 Å². The van der Waals surface area contributed by atoms with E-state index in [1.807, 2.05) is 12.1 Å². The standard InChI is InChI=1S/C45H29NO/c1-28-14-19-35(20-15-28)46(43-12-7-11-38-37-10-5-6-13-44(37)47-45(38)43)36-21-18-32-25-40-39-24-31-17-16-30(29-8-3-2-4-9-29)22-33(31)26-41(39)42(40)27-34(32)23-36/h2-27H,1H3. The molecule has 1 aromatic heterocycles. The van der Waals surface area contributed by atoms with Crippen LogP contribution in [0.5, 0.6) is 0 Å². The predicted molar refractivity (Wildman–Crippen MR) is 198 cm³/mol. The Labute approximate surface area is 272 Å². The first-order valence-corrected chi connectivity index (χ1v) is 16.2. The molecule has 2 heteroatoms. The van der Waals surface area contributed by atoms with Crippen molar-refractivity contribution in [1.29, 1.82) is 0 Å². The maximum absolute atomic E-state index is 6.53. The zero-order chi connectivity index (χ0) is 31.1. The number of aryl methyl sites for hydroxylation is 1. The van der Waals surface area contributed by atoms with Crippen molar-refractivity contribution in [3.05, 3.63) is 163 Å². The van der Waals surface area contributed by atoms with Crippen molar-refractivity contribution in [2.75, 3.05) is 4.90 Å². The summed E-state index contributed by atoms with van der Waals surface area (Å²) in [5, 5.41) is 7.26. The first-order chi connectivity index (χ1) is 23.2. The number of hydrogen-bond acceptors (Lipinski definition) is 2. The maximum atomic E-state index is 6.53. The SMILES string of the molecule is Cc1ccc(N(c2ccc3cc4c(cc3c2)-c2cc3cc(-c5ccccc5)ccc3cc2-4)c2cccc3c2oc2ccccc23)cc1. The molecule has 0 spiro atoms. The average Bonchev–Trinajstić information content (AvgIpc) is 3.51. The molecule has 0 saturated carbocycles. The van der Waals surface area contributed by atoms with Gasteiger partial charge in [0.05, 0.1) is 5.69 Å². The lowest BCUT2D eigenvalue weighted by Crippen LogP contribution is -2.10. The number of para-hydroxylation sites is 2. The molecule has 0 saturated heterocycles. The Bertz CT molecular complexity index is 2680. The fourth-order valence-electron chi connectivity index (χ4n) is 7.39. The van der Waals surface area contributed by atoms with Crippen molar-refractivity contribution in [2.45, 2.75) is 6.92 Å². The van der Waals surface area contributed by atoms with Crippen molar-refractivity contribution in [2.24, 2.45) is 0 Å². The molecular weight excluding hydrogens is 571 g/mol. The van der Waals surface area contributed by atoms with E-state index in [9.17, 15) is 0 Å². The van der Waals surface area contributed by atoms with Crippen LogP contribution in [0.3, 0.4) is 0 Å². The Morgan fingerprint density at radius 3 is 1.81 bits per heavy atom. The van der Waals surface area contributed by atoms with Gasteiger partial charge in [-0.15, -0.1) is 0 Å². The summed E-state index contributed by atoms with van der Waals surface area (Å²) in [6, 6.07) is 57.2. The molecule has 0 unspecified atom stereocenters. The third-order valence-electron chi connectivity index (χ3n) is 9.80. The molecule has 9 aromatic rings. The van der Waals surface area contributed by atoms with Crippen LogP contribution in [-0.4, -0.2) is 0 Å². The second-order valence-electron chi connectivity index (χ2n) is 12.7. The lowest BCUT2D eigenvalue weighted by Gasteiger charge is -2.28. The second-order valence-corrected chi connectivity index (χ2v) is 12.7. The van der Waals surface area contributed by atoms with E-state index in [0.29, 0.717) is 0 Å². The van der Waals surface area contributed by atoms with Crippen molar-refractivity contribution >= 4 is 60.5 Å². The van der Waals surface area contributed by atoms with Gasteiger partial charge in [0.2, 0.25) is 0 Å². The summed E-state index contributed by atoms with van der Waals surface area (Å²) in [5.41, 5.74) is 14.0. The van der Waals surface area contributed by atoms with Crippen LogP contribution in [-0.2, 0) is 0 Å². The van der Waals surface area contributed by atoms with E-state index in [1.54, 1.807) is 0 Å². The Morgan fingerprint density at radius 1 is 0.426 bits per heavy atom. The number of hydrogen-bond donors (Lipinski definition) is 0. The number of rotatable bonds is 4. The molecule has 0 fully saturated rings. The first kappa shape index (κ1) is 26.1. The smallest absolute Gasteiger partial charge is 0.159 e. The normalized spacial score (nSPS) is 11.9. The molecule has 0 N–H and O–H groups in total. The van der Waals surface area contributed by atoms with Crippen molar-refractivity contribution < 1.29 is 4.42 Å². The molecule has 220 valence electrons. The molecule has 0 aliphatic heterocycles. The van der Waals surface area contributed by atoms with E-state index in [-0.39, 0.29) is 0 Å². The van der Waals surface area contributed by atoms with Gasteiger partial charge in [-0.25, -0.2) is 0 Å². The zero-order valence-corrected chi connectivity index (χ0v) is 25.9. The summed E-state index contributed by atoms with van der Waals surface area (Å²) in [6.45, 7) is 2.13. The fourth-order valence-corrected chi connectivity index (χ4v) is 7.39. The van der Waals surface area contributed by atoms with E-state index in [2.05, 4.69) is 157 Å². The minimum absolute atomic E-state index is 0.891. The minimum Gasteiger partial charge on any atom is -0.454 e. The molecule has 0 bridgehead atoms. The number of anilines is 3. The summed E-state index contributed by atoms with van der Waals surface area (Å²) in [5.74, 6) is 0. The molecule has 0 atom stereocenters. The van der Waals surface area contributed by atoms with E-state index in [1.165, 1.54) is 60.5 Å². The molecule has 1 heterocycles. The molecule has 47 heavy (non-hydrogen) atoms. The van der Waals surface area contributed by atoms with E-state index in [0.717, 1.165) is 39.0 Å². The third-order valence-corrected chi connectivity index (χ3v) is 9.80. The van der Waals surface area contributed by atoms with Gasteiger partial charge in [0.25, 0.3) is 0 Å². The van der Waals surface area contributed by atoms with Crippen LogP contribution in [0.2, 0.25) is 0 Å². The Hall–Kier alpha value is -6.12. The van der Waals surface area contributed by atoms with Crippen LogP contribution < -0.4 is 4.90 Å². The molecule has 1 aliphatic carbocycles. The van der Waals surface area contributed by atoms with Gasteiger partial charge in [-0.1, -0.05) is 96.6 Å². The molecule has 2 nitrogen and oxygen atoms in total. The maximum Gasteiger partial charge on any atom is 0.159 e. The fraction of sp³-hybridized carbons (Fsp3) is 0.0222. The number of nitrogens with zero attached hydrogens (tertiary/aromatic N) is 1. The van der Waals surface area contributed by atoms with Gasteiger partial charge in [0.15, 0.2) is 5.58 Å². The van der Waals surface area contributed by atoms with Gasteiger partial charge in [-0.3, -0.25) is 0 Å². The van der Waals surface area contributed by atoms with Gasteiger partial charge < -0.3 is 9.32 Å². The summed E-state index contributed by atoms with van der Waals surface area (Å²) in [6.07, 6.45) is 0. The van der Waals surface area contributed by atoms with Crippen LogP contribution in [0.4, 0.5) is 17.1 Å². The van der Waals surface area contributed by atoms with E-state index < -0.39 is 0 Å². The van der Waals surface area contributed by atoms with Crippen LogP contribution in [0, 0.1) is 6.92 Å². The molecule has 10 rings (SSSR count). The highest BCUT2D eigenvalue weighted by Gasteiger charge is 2.25. The molecule has 1 aliphatic rings. The lowest BCUT2D eigenvalue weighted by molar-refractivity contribution is 0.669. The first-order valence-electron chi connectivity index (χ1n) is 16.2. The topological polar surface area (TPSA) is 16.4 Å².